The zero-order valence-electron chi connectivity index (χ0n) is 12.7. The number of nitrogens with zero attached hydrogens (tertiary/aromatic N) is 2. The SMILES string of the molecule is COc1ccc(CN2CCN(CC(C)C)CC2)cc1F. The van der Waals surface area contributed by atoms with Crippen LogP contribution in [0.1, 0.15) is 19.4 Å². The van der Waals surface area contributed by atoms with Gasteiger partial charge in [0, 0.05) is 39.3 Å². The smallest absolute Gasteiger partial charge is 0.165 e. The molecule has 20 heavy (non-hydrogen) atoms. The third-order valence-corrected chi connectivity index (χ3v) is 3.71. The summed E-state index contributed by atoms with van der Waals surface area (Å²) in [6.07, 6.45) is 0. The van der Waals surface area contributed by atoms with Gasteiger partial charge in [-0.1, -0.05) is 19.9 Å². The van der Waals surface area contributed by atoms with Crippen LogP contribution in [0.25, 0.3) is 0 Å². The van der Waals surface area contributed by atoms with E-state index in [0.717, 1.165) is 44.2 Å². The summed E-state index contributed by atoms with van der Waals surface area (Å²) >= 11 is 0. The molecular formula is C16H25FN2O. The zero-order chi connectivity index (χ0) is 14.5. The van der Waals surface area contributed by atoms with Gasteiger partial charge in [0.15, 0.2) is 11.6 Å². The van der Waals surface area contributed by atoms with Gasteiger partial charge in [-0.15, -0.1) is 0 Å². The van der Waals surface area contributed by atoms with E-state index >= 15 is 0 Å². The minimum atomic E-state index is -0.275. The molecule has 1 aliphatic heterocycles. The fraction of sp³-hybridized carbons (Fsp3) is 0.625. The number of hydrogen-bond donors (Lipinski definition) is 0. The predicted molar refractivity (Wildman–Crippen MR) is 79.5 cm³/mol. The van der Waals surface area contributed by atoms with Crippen LogP contribution < -0.4 is 4.74 Å². The van der Waals surface area contributed by atoms with Crippen LogP contribution in [0.15, 0.2) is 18.2 Å². The zero-order valence-corrected chi connectivity index (χ0v) is 12.7. The Hall–Kier alpha value is -1.13. The van der Waals surface area contributed by atoms with Crippen molar-refractivity contribution in [1.82, 2.24) is 9.80 Å². The van der Waals surface area contributed by atoms with Crippen molar-refractivity contribution in [2.75, 3.05) is 39.8 Å². The van der Waals surface area contributed by atoms with E-state index in [0.29, 0.717) is 5.75 Å². The molecule has 0 N–H and O–H groups in total. The maximum Gasteiger partial charge on any atom is 0.165 e. The van der Waals surface area contributed by atoms with Gasteiger partial charge >= 0.3 is 0 Å². The fourth-order valence-electron chi connectivity index (χ4n) is 2.71. The molecule has 0 aliphatic carbocycles. The highest BCUT2D eigenvalue weighted by Crippen LogP contribution is 2.19. The molecule has 3 nitrogen and oxygen atoms in total. The second-order valence-electron chi connectivity index (χ2n) is 5.94. The van der Waals surface area contributed by atoms with Gasteiger partial charge < -0.3 is 9.64 Å². The van der Waals surface area contributed by atoms with Crippen molar-refractivity contribution in [2.24, 2.45) is 5.92 Å². The molecule has 0 bridgehead atoms. The standard InChI is InChI=1S/C16H25FN2O/c1-13(2)11-18-6-8-19(9-7-18)12-14-4-5-16(20-3)15(17)10-14/h4-5,10,13H,6-9,11-12H2,1-3H3. The average Bonchev–Trinajstić information content (AvgIpc) is 2.41. The van der Waals surface area contributed by atoms with Crippen LogP contribution in [0.5, 0.6) is 5.75 Å². The predicted octanol–water partition coefficient (Wildman–Crippen LogP) is 2.61. The normalized spacial score (nSPS) is 17.6. The molecule has 0 radical (unpaired) electrons. The molecule has 0 saturated carbocycles. The first-order chi connectivity index (χ1) is 9.58. The molecule has 1 aliphatic rings. The highest BCUT2D eigenvalue weighted by Gasteiger charge is 2.17. The maximum absolute atomic E-state index is 13.7. The molecule has 0 aromatic heterocycles. The van der Waals surface area contributed by atoms with Gasteiger partial charge in [-0.25, -0.2) is 4.39 Å². The molecule has 0 spiro atoms. The number of hydrogen-bond acceptors (Lipinski definition) is 3. The summed E-state index contributed by atoms with van der Waals surface area (Å²) in [4.78, 5) is 4.90. The van der Waals surface area contributed by atoms with Crippen LogP contribution >= 0.6 is 0 Å². The molecule has 0 amide bonds. The van der Waals surface area contributed by atoms with Crippen molar-refractivity contribution in [3.63, 3.8) is 0 Å². The lowest BCUT2D eigenvalue weighted by atomic mass is 10.1. The minimum Gasteiger partial charge on any atom is -0.494 e. The first-order valence-electron chi connectivity index (χ1n) is 7.35. The summed E-state index contributed by atoms with van der Waals surface area (Å²) < 4.78 is 18.6. The van der Waals surface area contributed by atoms with Crippen LogP contribution in [-0.2, 0) is 6.54 Å². The molecule has 0 atom stereocenters. The van der Waals surface area contributed by atoms with Gasteiger partial charge in [0.05, 0.1) is 7.11 Å². The summed E-state index contributed by atoms with van der Waals surface area (Å²) in [6.45, 7) is 10.8. The number of benzene rings is 1. The number of ether oxygens (including phenoxy) is 1. The van der Waals surface area contributed by atoms with Crippen molar-refractivity contribution in [3.8, 4) is 5.75 Å². The molecule has 1 aromatic rings. The van der Waals surface area contributed by atoms with Gasteiger partial charge in [-0.3, -0.25) is 4.90 Å². The highest BCUT2D eigenvalue weighted by molar-refractivity contribution is 5.29. The summed E-state index contributed by atoms with van der Waals surface area (Å²) in [7, 11) is 1.49. The molecule has 112 valence electrons. The van der Waals surface area contributed by atoms with Crippen molar-refractivity contribution >= 4 is 0 Å². The second-order valence-corrected chi connectivity index (χ2v) is 5.94. The van der Waals surface area contributed by atoms with E-state index in [1.807, 2.05) is 6.07 Å². The van der Waals surface area contributed by atoms with E-state index in [1.165, 1.54) is 13.7 Å². The molecule has 1 aromatic carbocycles. The first-order valence-corrected chi connectivity index (χ1v) is 7.35. The Labute approximate surface area is 121 Å². The number of halogens is 1. The van der Waals surface area contributed by atoms with E-state index in [-0.39, 0.29) is 5.82 Å². The lowest BCUT2D eigenvalue weighted by molar-refractivity contribution is 0.117. The monoisotopic (exact) mass is 280 g/mol. The van der Waals surface area contributed by atoms with Crippen LogP contribution in [-0.4, -0.2) is 49.6 Å². The Morgan fingerprint density at radius 2 is 1.80 bits per heavy atom. The number of methoxy groups -OCH3 is 1. The molecule has 1 heterocycles. The molecule has 4 heteroatoms. The number of rotatable bonds is 5. The summed E-state index contributed by atoms with van der Waals surface area (Å²) in [5, 5.41) is 0. The van der Waals surface area contributed by atoms with Crippen molar-refractivity contribution < 1.29 is 9.13 Å². The molecule has 1 saturated heterocycles. The van der Waals surface area contributed by atoms with Crippen molar-refractivity contribution in [3.05, 3.63) is 29.6 Å². The minimum absolute atomic E-state index is 0.275. The van der Waals surface area contributed by atoms with Crippen LogP contribution in [0, 0.1) is 11.7 Å². The number of piperazine rings is 1. The Kier molecular flexibility index (Phi) is 5.38. The van der Waals surface area contributed by atoms with E-state index in [1.54, 1.807) is 12.1 Å². The largest absolute Gasteiger partial charge is 0.494 e. The van der Waals surface area contributed by atoms with Crippen LogP contribution in [0.4, 0.5) is 4.39 Å². The molecule has 1 fully saturated rings. The molecular weight excluding hydrogens is 255 g/mol. The van der Waals surface area contributed by atoms with Crippen molar-refractivity contribution in [1.29, 1.82) is 0 Å². The van der Waals surface area contributed by atoms with Crippen LogP contribution in [0.3, 0.4) is 0 Å². The lowest BCUT2D eigenvalue weighted by Crippen LogP contribution is -2.46. The summed E-state index contributed by atoms with van der Waals surface area (Å²) in [5.41, 5.74) is 1.01. The topological polar surface area (TPSA) is 15.7 Å². The third-order valence-electron chi connectivity index (χ3n) is 3.71. The highest BCUT2D eigenvalue weighted by atomic mass is 19.1. The van der Waals surface area contributed by atoms with Gasteiger partial charge in [-0.2, -0.15) is 0 Å². The van der Waals surface area contributed by atoms with E-state index in [4.69, 9.17) is 4.74 Å². The molecule has 2 rings (SSSR count). The van der Waals surface area contributed by atoms with Gasteiger partial charge in [-0.05, 0) is 23.6 Å². The summed E-state index contributed by atoms with van der Waals surface area (Å²) in [5.74, 6) is 0.760. The lowest BCUT2D eigenvalue weighted by Gasteiger charge is -2.35. The quantitative estimate of drug-likeness (QED) is 0.824. The fourth-order valence-corrected chi connectivity index (χ4v) is 2.71. The van der Waals surface area contributed by atoms with Gasteiger partial charge in [0.25, 0.3) is 0 Å². The van der Waals surface area contributed by atoms with Crippen molar-refractivity contribution in [2.45, 2.75) is 20.4 Å². The van der Waals surface area contributed by atoms with E-state index in [2.05, 4.69) is 23.6 Å². The van der Waals surface area contributed by atoms with E-state index in [9.17, 15) is 4.39 Å². The van der Waals surface area contributed by atoms with E-state index < -0.39 is 0 Å². The Bertz CT molecular complexity index is 428. The van der Waals surface area contributed by atoms with Gasteiger partial charge in [0.1, 0.15) is 0 Å². The van der Waals surface area contributed by atoms with Crippen LogP contribution in [0.2, 0.25) is 0 Å². The Balaban J connectivity index is 1.85. The second kappa shape index (κ2) is 7.04. The Morgan fingerprint density at radius 3 is 2.35 bits per heavy atom. The molecule has 0 unspecified atom stereocenters. The average molecular weight is 280 g/mol. The van der Waals surface area contributed by atoms with Gasteiger partial charge in [0.2, 0.25) is 0 Å². The Morgan fingerprint density at radius 1 is 1.15 bits per heavy atom. The third kappa shape index (κ3) is 4.18. The first kappa shape index (κ1) is 15.3. The summed E-state index contributed by atoms with van der Waals surface area (Å²) in [6, 6.07) is 5.24. The maximum atomic E-state index is 13.7.